The number of nitrogens with one attached hydrogen (secondary N) is 1. The second-order valence-electron chi connectivity index (χ2n) is 3.18. The van der Waals surface area contributed by atoms with Crippen molar-refractivity contribution in [1.29, 1.82) is 0 Å². The zero-order valence-corrected chi connectivity index (χ0v) is 10.5. The topological polar surface area (TPSA) is 75.6 Å². The van der Waals surface area contributed by atoms with Gasteiger partial charge in [-0.05, 0) is 22.0 Å². The van der Waals surface area contributed by atoms with Gasteiger partial charge in [-0.15, -0.1) is 0 Å². The van der Waals surface area contributed by atoms with Crippen LogP contribution < -0.4 is 5.32 Å². The van der Waals surface area contributed by atoms with Crippen LogP contribution in [0.5, 0.6) is 0 Å². The number of amides is 1. The van der Waals surface area contributed by atoms with Crippen molar-refractivity contribution in [3.8, 4) is 0 Å². The zero-order valence-electron chi connectivity index (χ0n) is 8.87. The molecule has 1 rings (SSSR count). The molecule has 0 aliphatic carbocycles. The summed E-state index contributed by atoms with van der Waals surface area (Å²) < 4.78 is 30.6. The Morgan fingerprint density at radius 1 is 1.33 bits per heavy atom. The molecule has 0 unspecified atom stereocenters. The minimum atomic E-state index is -1.23. The molecule has 0 saturated heterocycles. The van der Waals surface area contributed by atoms with Gasteiger partial charge in [0.1, 0.15) is 19.0 Å². The first-order valence-electron chi connectivity index (χ1n) is 4.64. The van der Waals surface area contributed by atoms with Crippen LogP contribution in [0.15, 0.2) is 16.6 Å². The van der Waals surface area contributed by atoms with Crippen LogP contribution in [0.4, 0.5) is 14.5 Å². The quantitative estimate of drug-likeness (QED) is 0.865. The second-order valence-corrected chi connectivity index (χ2v) is 4.03. The van der Waals surface area contributed by atoms with E-state index in [0.717, 1.165) is 6.07 Å². The highest BCUT2D eigenvalue weighted by Gasteiger charge is 2.13. The lowest BCUT2D eigenvalue weighted by atomic mass is 10.3. The molecule has 0 aliphatic rings. The van der Waals surface area contributed by atoms with Crippen LogP contribution in [0.1, 0.15) is 0 Å². The number of hydrogen-bond donors (Lipinski definition) is 2. The smallest absolute Gasteiger partial charge is 0.329 e. The number of rotatable bonds is 5. The fourth-order valence-electron chi connectivity index (χ4n) is 1.07. The number of ether oxygens (including phenoxy) is 1. The summed E-state index contributed by atoms with van der Waals surface area (Å²) in [6.07, 6.45) is 0. The van der Waals surface area contributed by atoms with Crippen molar-refractivity contribution in [3.05, 3.63) is 28.2 Å². The molecular weight excluding hydrogens is 316 g/mol. The lowest BCUT2D eigenvalue weighted by Crippen LogP contribution is -2.21. The number of carbonyl (C=O) groups excluding carboxylic acids is 1. The van der Waals surface area contributed by atoms with Crippen LogP contribution >= 0.6 is 15.9 Å². The number of benzene rings is 1. The molecule has 0 saturated carbocycles. The number of carboxylic acid groups (broad SMARTS) is 1. The number of hydrogen-bond acceptors (Lipinski definition) is 3. The molecule has 0 atom stereocenters. The molecule has 0 aromatic heterocycles. The minimum absolute atomic E-state index is 0.0339. The molecule has 0 spiro atoms. The molecule has 0 bridgehead atoms. The monoisotopic (exact) mass is 323 g/mol. The van der Waals surface area contributed by atoms with Crippen molar-refractivity contribution in [2.24, 2.45) is 0 Å². The van der Waals surface area contributed by atoms with Gasteiger partial charge in [0.2, 0.25) is 5.91 Å². The first-order chi connectivity index (χ1) is 8.40. The third-order valence-electron chi connectivity index (χ3n) is 1.73. The Labute approximate surface area is 109 Å². The van der Waals surface area contributed by atoms with Gasteiger partial charge in [-0.2, -0.15) is 0 Å². The Kier molecular flexibility index (Phi) is 5.17. The van der Waals surface area contributed by atoms with E-state index < -0.39 is 36.7 Å². The van der Waals surface area contributed by atoms with Gasteiger partial charge in [0.25, 0.3) is 0 Å². The van der Waals surface area contributed by atoms with E-state index in [0.29, 0.717) is 6.07 Å². The number of aliphatic carboxylic acids is 1. The number of halogens is 3. The lowest BCUT2D eigenvalue weighted by Gasteiger charge is -2.08. The van der Waals surface area contributed by atoms with E-state index in [9.17, 15) is 18.4 Å². The molecule has 18 heavy (non-hydrogen) atoms. The average molecular weight is 324 g/mol. The van der Waals surface area contributed by atoms with Crippen LogP contribution in [0, 0.1) is 11.6 Å². The van der Waals surface area contributed by atoms with Crippen molar-refractivity contribution in [3.63, 3.8) is 0 Å². The fraction of sp³-hybridized carbons (Fsp3) is 0.200. The lowest BCUT2D eigenvalue weighted by molar-refractivity contribution is -0.143. The van der Waals surface area contributed by atoms with Crippen molar-refractivity contribution < 1.29 is 28.2 Å². The maximum absolute atomic E-state index is 13.3. The molecule has 1 aromatic carbocycles. The number of anilines is 1. The maximum atomic E-state index is 13.3. The molecule has 8 heteroatoms. The Morgan fingerprint density at radius 2 is 2.00 bits per heavy atom. The van der Waals surface area contributed by atoms with Gasteiger partial charge in [0.15, 0.2) is 5.82 Å². The number of carboxylic acids is 1. The van der Waals surface area contributed by atoms with Gasteiger partial charge in [0.05, 0.1) is 5.69 Å². The summed E-state index contributed by atoms with van der Waals surface area (Å²) in [4.78, 5) is 21.4. The van der Waals surface area contributed by atoms with E-state index in [4.69, 9.17) is 5.11 Å². The van der Waals surface area contributed by atoms with Crippen molar-refractivity contribution >= 4 is 33.5 Å². The first kappa shape index (κ1) is 14.5. The molecule has 1 aromatic rings. The average Bonchev–Trinajstić information content (AvgIpc) is 2.22. The standard InChI is InChI=1S/C10H8BrF2NO4/c11-6-1-5(12)2-7(13)10(6)14-8(15)3-18-4-9(16)17/h1-2H,3-4H2,(H,14,15)(H,16,17). The van der Waals surface area contributed by atoms with E-state index in [2.05, 4.69) is 26.0 Å². The maximum Gasteiger partial charge on any atom is 0.329 e. The van der Waals surface area contributed by atoms with Crippen LogP contribution in [0.3, 0.4) is 0 Å². The summed E-state index contributed by atoms with van der Waals surface area (Å²) in [5, 5.41) is 10.4. The molecular formula is C10H8BrF2NO4. The van der Waals surface area contributed by atoms with Crippen LogP contribution in [-0.2, 0) is 14.3 Å². The van der Waals surface area contributed by atoms with Crippen molar-refractivity contribution in [2.75, 3.05) is 18.5 Å². The van der Waals surface area contributed by atoms with Gasteiger partial charge in [-0.3, -0.25) is 4.79 Å². The fourth-order valence-corrected chi connectivity index (χ4v) is 1.58. The van der Waals surface area contributed by atoms with Crippen LogP contribution in [-0.4, -0.2) is 30.2 Å². The summed E-state index contributed by atoms with van der Waals surface area (Å²) in [6.45, 7) is -1.18. The SMILES string of the molecule is O=C(O)COCC(=O)Nc1c(F)cc(F)cc1Br. The number of carbonyl (C=O) groups is 2. The Morgan fingerprint density at radius 3 is 2.56 bits per heavy atom. The third-order valence-corrected chi connectivity index (χ3v) is 2.36. The molecule has 2 N–H and O–H groups in total. The van der Waals surface area contributed by atoms with Gasteiger partial charge < -0.3 is 15.2 Å². The van der Waals surface area contributed by atoms with Crippen LogP contribution in [0.25, 0.3) is 0 Å². The van der Waals surface area contributed by atoms with E-state index in [1.165, 1.54) is 0 Å². The zero-order chi connectivity index (χ0) is 13.7. The highest BCUT2D eigenvalue weighted by molar-refractivity contribution is 9.10. The molecule has 0 aliphatic heterocycles. The van der Waals surface area contributed by atoms with Crippen molar-refractivity contribution in [1.82, 2.24) is 0 Å². The highest BCUT2D eigenvalue weighted by atomic mass is 79.9. The Balaban J connectivity index is 2.62. The van der Waals surface area contributed by atoms with E-state index in [-0.39, 0.29) is 10.2 Å². The predicted molar refractivity (Wildman–Crippen MR) is 61.1 cm³/mol. The van der Waals surface area contributed by atoms with Crippen LogP contribution in [0.2, 0.25) is 0 Å². The van der Waals surface area contributed by atoms with Gasteiger partial charge in [-0.1, -0.05) is 0 Å². The normalized spacial score (nSPS) is 10.2. The Hall–Kier alpha value is -1.54. The highest BCUT2D eigenvalue weighted by Crippen LogP contribution is 2.26. The van der Waals surface area contributed by atoms with Gasteiger partial charge >= 0.3 is 5.97 Å². The first-order valence-corrected chi connectivity index (χ1v) is 5.43. The summed E-state index contributed by atoms with van der Waals surface area (Å²) in [7, 11) is 0. The molecule has 0 radical (unpaired) electrons. The molecule has 0 fully saturated rings. The van der Waals surface area contributed by atoms with E-state index >= 15 is 0 Å². The predicted octanol–water partition coefficient (Wildman–Crippen LogP) is 1.77. The van der Waals surface area contributed by atoms with Crippen molar-refractivity contribution in [2.45, 2.75) is 0 Å². The second kappa shape index (κ2) is 6.41. The molecule has 0 heterocycles. The van der Waals surface area contributed by atoms with E-state index in [1.807, 2.05) is 0 Å². The summed E-state index contributed by atoms with van der Waals surface area (Å²) >= 11 is 2.89. The van der Waals surface area contributed by atoms with Gasteiger partial charge in [-0.25, -0.2) is 13.6 Å². The summed E-state index contributed by atoms with van der Waals surface area (Å²) in [5.74, 6) is -3.72. The van der Waals surface area contributed by atoms with Gasteiger partial charge in [0, 0.05) is 10.5 Å². The van der Waals surface area contributed by atoms with E-state index in [1.54, 1.807) is 0 Å². The molecule has 1 amide bonds. The summed E-state index contributed by atoms with van der Waals surface area (Å²) in [5.41, 5.74) is -0.236. The Bertz CT molecular complexity index is 458. The summed E-state index contributed by atoms with van der Waals surface area (Å²) in [6, 6.07) is 1.59. The minimum Gasteiger partial charge on any atom is -0.480 e. The third kappa shape index (κ3) is 4.38. The molecule has 5 nitrogen and oxygen atoms in total. The molecule has 98 valence electrons. The largest absolute Gasteiger partial charge is 0.480 e.